The molecule has 48 valence electrons. The monoisotopic (exact) mass is 206 g/mol. The Morgan fingerprint density at radius 3 is 2.22 bits per heavy atom. The first kappa shape index (κ1) is 7.14. The van der Waals surface area contributed by atoms with Gasteiger partial charge in [-0.2, -0.15) is 0 Å². The summed E-state index contributed by atoms with van der Waals surface area (Å²) < 4.78 is 1.25. The summed E-state index contributed by atoms with van der Waals surface area (Å²) in [5.41, 5.74) is 1.29. The molecule has 1 rings (SSSR count). The first-order valence-corrected chi connectivity index (χ1v) is 5.79. The second kappa shape index (κ2) is 3.26. The van der Waals surface area contributed by atoms with Crippen LogP contribution in [0.15, 0.2) is 24.3 Å². The standard InChI is InChI=1S/C7H7ClSe/c1-6-2-4-7(9-8)5-3-6/h2-5H,1H3. The van der Waals surface area contributed by atoms with Gasteiger partial charge < -0.3 is 0 Å². The molecule has 0 bridgehead atoms. The van der Waals surface area contributed by atoms with E-state index in [1.165, 1.54) is 10.0 Å². The summed E-state index contributed by atoms with van der Waals surface area (Å²) in [6.07, 6.45) is 0. The molecule has 0 saturated heterocycles. The van der Waals surface area contributed by atoms with Crippen molar-refractivity contribution in [2.45, 2.75) is 6.92 Å². The van der Waals surface area contributed by atoms with Crippen LogP contribution >= 0.6 is 10.1 Å². The number of halogens is 1. The van der Waals surface area contributed by atoms with Gasteiger partial charge in [-0.15, -0.1) is 0 Å². The van der Waals surface area contributed by atoms with E-state index in [-0.39, 0.29) is 14.0 Å². The van der Waals surface area contributed by atoms with Gasteiger partial charge in [-0.25, -0.2) is 0 Å². The van der Waals surface area contributed by atoms with E-state index >= 15 is 0 Å². The normalized spacial score (nSPS) is 9.56. The third kappa shape index (κ3) is 2.02. The molecule has 0 aliphatic heterocycles. The summed E-state index contributed by atoms with van der Waals surface area (Å²) in [5.74, 6) is 0. The molecular weight excluding hydrogens is 198 g/mol. The van der Waals surface area contributed by atoms with Gasteiger partial charge in [-0.05, 0) is 0 Å². The number of aryl methyl sites for hydroxylation is 1. The SMILES string of the molecule is Cc1ccc([Se]Cl)cc1. The Hall–Kier alpha value is 0.0295. The fourth-order valence-electron chi connectivity index (χ4n) is 0.590. The molecule has 0 atom stereocenters. The Balaban J connectivity index is 2.88. The molecule has 1 aromatic rings. The summed E-state index contributed by atoms with van der Waals surface area (Å²) in [5, 5.41) is 0. The van der Waals surface area contributed by atoms with Crippen molar-refractivity contribution >= 4 is 28.6 Å². The average Bonchev–Trinajstić information content (AvgIpc) is 1.90. The summed E-state index contributed by atoms with van der Waals surface area (Å²) >= 11 is 0.133. The van der Waals surface area contributed by atoms with Crippen LogP contribution in [0.4, 0.5) is 0 Å². The van der Waals surface area contributed by atoms with Crippen LogP contribution in [0.5, 0.6) is 0 Å². The molecule has 0 nitrogen and oxygen atoms in total. The second-order valence-corrected chi connectivity index (χ2v) is 4.00. The zero-order valence-electron chi connectivity index (χ0n) is 5.10. The van der Waals surface area contributed by atoms with Crippen LogP contribution in [0.1, 0.15) is 5.56 Å². The van der Waals surface area contributed by atoms with Crippen LogP contribution in [-0.4, -0.2) is 14.0 Å². The average molecular weight is 206 g/mol. The second-order valence-electron chi connectivity index (χ2n) is 1.89. The van der Waals surface area contributed by atoms with Gasteiger partial charge in [0, 0.05) is 0 Å². The Morgan fingerprint density at radius 1 is 1.22 bits per heavy atom. The summed E-state index contributed by atoms with van der Waals surface area (Å²) in [6.45, 7) is 2.07. The number of hydrogen-bond acceptors (Lipinski definition) is 0. The quantitative estimate of drug-likeness (QED) is 0.610. The van der Waals surface area contributed by atoms with E-state index in [1.807, 2.05) is 0 Å². The number of hydrogen-bond donors (Lipinski definition) is 0. The van der Waals surface area contributed by atoms with Crippen molar-refractivity contribution in [3.8, 4) is 0 Å². The molecule has 0 radical (unpaired) electrons. The van der Waals surface area contributed by atoms with Crippen molar-refractivity contribution in [1.29, 1.82) is 0 Å². The maximum atomic E-state index is 5.64. The Bertz CT molecular complexity index is 181. The van der Waals surface area contributed by atoms with Crippen LogP contribution in [-0.2, 0) is 0 Å². The number of benzene rings is 1. The molecular formula is C7H7ClSe. The molecule has 0 N–H and O–H groups in total. The Morgan fingerprint density at radius 2 is 1.78 bits per heavy atom. The van der Waals surface area contributed by atoms with Crippen molar-refractivity contribution in [3.05, 3.63) is 29.8 Å². The van der Waals surface area contributed by atoms with Crippen LogP contribution in [0, 0.1) is 6.92 Å². The molecule has 9 heavy (non-hydrogen) atoms. The Kier molecular flexibility index (Phi) is 2.59. The molecule has 2 heteroatoms. The molecule has 0 aliphatic carbocycles. The van der Waals surface area contributed by atoms with Gasteiger partial charge in [0.15, 0.2) is 0 Å². The van der Waals surface area contributed by atoms with Crippen molar-refractivity contribution < 1.29 is 0 Å². The van der Waals surface area contributed by atoms with Gasteiger partial charge in [0.05, 0.1) is 0 Å². The molecule has 0 unspecified atom stereocenters. The summed E-state index contributed by atoms with van der Waals surface area (Å²) in [6, 6.07) is 8.31. The van der Waals surface area contributed by atoms with Crippen molar-refractivity contribution in [3.63, 3.8) is 0 Å². The Labute approximate surface area is 65.6 Å². The van der Waals surface area contributed by atoms with Gasteiger partial charge in [-0.3, -0.25) is 0 Å². The molecule has 0 aliphatic rings. The topological polar surface area (TPSA) is 0 Å². The van der Waals surface area contributed by atoms with E-state index in [1.54, 1.807) is 0 Å². The molecule has 0 aromatic heterocycles. The maximum absolute atomic E-state index is 5.64. The minimum atomic E-state index is 0.133. The van der Waals surface area contributed by atoms with E-state index in [2.05, 4.69) is 31.2 Å². The first-order chi connectivity index (χ1) is 4.33. The predicted molar refractivity (Wildman–Crippen MR) is 42.4 cm³/mol. The molecule has 0 heterocycles. The van der Waals surface area contributed by atoms with Crippen LogP contribution < -0.4 is 4.46 Å². The van der Waals surface area contributed by atoms with Crippen molar-refractivity contribution in [1.82, 2.24) is 0 Å². The predicted octanol–water partition coefficient (Wildman–Crippen LogP) is 1.48. The summed E-state index contributed by atoms with van der Waals surface area (Å²) in [7, 11) is 5.64. The molecule has 0 fully saturated rings. The molecule has 0 saturated carbocycles. The van der Waals surface area contributed by atoms with E-state index in [0.29, 0.717) is 0 Å². The fourth-order valence-corrected chi connectivity index (χ4v) is 1.63. The first-order valence-electron chi connectivity index (χ1n) is 2.68. The van der Waals surface area contributed by atoms with Crippen LogP contribution in [0.3, 0.4) is 0 Å². The van der Waals surface area contributed by atoms with E-state index in [4.69, 9.17) is 10.1 Å². The zero-order chi connectivity index (χ0) is 6.69. The van der Waals surface area contributed by atoms with E-state index in [9.17, 15) is 0 Å². The zero-order valence-corrected chi connectivity index (χ0v) is 7.56. The summed E-state index contributed by atoms with van der Waals surface area (Å²) in [4.78, 5) is 0. The van der Waals surface area contributed by atoms with Crippen molar-refractivity contribution in [2.24, 2.45) is 0 Å². The third-order valence-electron chi connectivity index (χ3n) is 1.11. The van der Waals surface area contributed by atoms with Crippen LogP contribution in [0.2, 0.25) is 0 Å². The number of rotatable bonds is 1. The third-order valence-corrected chi connectivity index (χ3v) is 2.98. The molecule has 0 amide bonds. The van der Waals surface area contributed by atoms with Crippen molar-refractivity contribution in [2.75, 3.05) is 0 Å². The minimum absolute atomic E-state index is 0.133. The van der Waals surface area contributed by atoms with Gasteiger partial charge >= 0.3 is 65.4 Å². The van der Waals surface area contributed by atoms with Gasteiger partial charge in [-0.1, -0.05) is 0 Å². The van der Waals surface area contributed by atoms with Gasteiger partial charge in [0.25, 0.3) is 0 Å². The van der Waals surface area contributed by atoms with E-state index < -0.39 is 0 Å². The fraction of sp³-hybridized carbons (Fsp3) is 0.143. The van der Waals surface area contributed by atoms with Crippen LogP contribution in [0.25, 0.3) is 0 Å². The molecule has 1 aromatic carbocycles. The van der Waals surface area contributed by atoms with Gasteiger partial charge in [0.1, 0.15) is 0 Å². The van der Waals surface area contributed by atoms with Gasteiger partial charge in [0.2, 0.25) is 0 Å². The molecule has 0 spiro atoms. The van der Waals surface area contributed by atoms with E-state index in [0.717, 1.165) is 0 Å².